The average Bonchev–Trinajstić information content (AvgIpc) is 2.93. The number of sulfonamides is 1. The zero-order valence-electron chi connectivity index (χ0n) is 12.6. The first-order valence-electron chi connectivity index (χ1n) is 6.89. The van der Waals surface area contributed by atoms with Crippen molar-refractivity contribution < 1.29 is 13.2 Å². The first-order chi connectivity index (χ1) is 10.9. The summed E-state index contributed by atoms with van der Waals surface area (Å²) >= 11 is 0. The highest BCUT2D eigenvalue weighted by atomic mass is 32.2. The molecule has 7 heteroatoms. The van der Waals surface area contributed by atoms with Gasteiger partial charge in [-0.05, 0) is 30.3 Å². The topological polar surface area (TPSA) is 83.1 Å². The molecule has 0 atom stereocenters. The molecule has 0 aliphatic carbocycles. The number of aromatic nitrogens is 2. The fourth-order valence-corrected chi connectivity index (χ4v) is 3.36. The third-order valence-corrected chi connectivity index (χ3v) is 5.49. The van der Waals surface area contributed by atoms with E-state index >= 15 is 0 Å². The maximum absolute atomic E-state index is 12.3. The van der Waals surface area contributed by atoms with Crippen LogP contribution in [-0.4, -0.2) is 43.1 Å². The Bertz CT molecular complexity index is 976. The van der Waals surface area contributed by atoms with Gasteiger partial charge >= 0.3 is 0 Å². The van der Waals surface area contributed by atoms with Crippen LogP contribution in [0.2, 0.25) is 0 Å². The van der Waals surface area contributed by atoms with Crippen LogP contribution < -0.4 is 0 Å². The summed E-state index contributed by atoms with van der Waals surface area (Å²) in [4.78, 5) is 18.9. The standard InChI is InChI=1S/C16H15N3O3S/c1-19(2)23(21,22)12-3-4-15-13(9-12)14(10-20)16(18-15)11-5-7-17-8-6-11/h3-10,18H,1-2H3. The maximum atomic E-state index is 12.3. The second-order valence-electron chi connectivity index (χ2n) is 5.26. The summed E-state index contributed by atoms with van der Waals surface area (Å²) in [5.74, 6) is 0. The van der Waals surface area contributed by atoms with Gasteiger partial charge in [-0.2, -0.15) is 0 Å². The SMILES string of the molecule is CN(C)S(=O)(=O)c1ccc2[nH]c(-c3ccncc3)c(C=O)c2c1. The van der Waals surface area contributed by atoms with Crippen molar-refractivity contribution in [2.45, 2.75) is 4.90 Å². The Hall–Kier alpha value is -2.51. The van der Waals surface area contributed by atoms with E-state index in [2.05, 4.69) is 9.97 Å². The van der Waals surface area contributed by atoms with Gasteiger partial charge in [0.15, 0.2) is 6.29 Å². The number of hydrogen-bond donors (Lipinski definition) is 1. The highest BCUT2D eigenvalue weighted by Gasteiger charge is 2.20. The Balaban J connectivity index is 2.27. The summed E-state index contributed by atoms with van der Waals surface area (Å²) in [5.41, 5.74) is 2.60. The minimum Gasteiger partial charge on any atom is -0.354 e. The number of nitrogens with one attached hydrogen (secondary N) is 1. The smallest absolute Gasteiger partial charge is 0.242 e. The van der Waals surface area contributed by atoms with E-state index in [1.165, 1.54) is 26.2 Å². The molecule has 0 unspecified atom stereocenters. The predicted octanol–water partition coefficient (Wildman–Crippen LogP) is 2.29. The first-order valence-corrected chi connectivity index (χ1v) is 8.33. The molecule has 0 aliphatic heterocycles. The van der Waals surface area contributed by atoms with Crippen molar-refractivity contribution in [3.63, 3.8) is 0 Å². The lowest BCUT2D eigenvalue weighted by molar-refractivity contribution is 0.112. The summed E-state index contributed by atoms with van der Waals surface area (Å²) in [6.07, 6.45) is 4.01. The number of fused-ring (bicyclic) bond motifs is 1. The van der Waals surface area contributed by atoms with Gasteiger partial charge in [-0.3, -0.25) is 9.78 Å². The molecule has 0 saturated heterocycles. The summed E-state index contributed by atoms with van der Waals surface area (Å²) in [5, 5.41) is 0.578. The van der Waals surface area contributed by atoms with Gasteiger partial charge in [-0.15, -0.1) is 0 Å². The van der Waals surface area contributed by atoms with Gasteiger partial charge in [0.25, 0.3) is 0 Å². The Morgan fingerprint density at radius 2 is 1.83 bits per heavy atom. The van der Waals surface area contributed by atoms with Gasteiger partial charge in [-0.25, -0.2) is 12.7 Å². The van der Waals surface area contributed by atoms with Crippen LogP contribution in [0.15, 0.2) is 47.6 Å². The summed E-state index contributed by atoms with van der Waals surface area (Å²) in [6, 6.07) is 8.29. The lowest BCUT2D eigenvalue weighted by Gasteiger charge is -2.11. The molecule has 3 rings (SSSR count). The molecule has 0 bridgehead atoms. The molecule has 0 radical (unpaired) electrons. The first kappa shape index (κ1) is 15.4. The number of pyridine rings is 1. The van der Waals surface area contributed by atoms with E-state index in [0.717, 1.165) is 16.2 Å². The second kappa shape index (κ2) is 5.60. The molecule has 1 N–H and O–H groups in total. The highest BCUT2D eigenvalue weighted by molar-refractivity contribution is 7.89. The van der Waals surface area contributed by atoms with Crippen molar-refractivity contribution in [3.05, 3.63) is 48.3 Å². The molecule has 2 aromatic heterocycles. The van der Waals surface area contributed by atoms with E-state index in [4.69, 9.17) is 0 Å². The van der Waals surface area contributed by atoms with Gasteiger partial charge in [-0.1, -0.05) is 0 Å². The zero-order chi connectivity index (χ0) is 16.6. The van der Waals surface area contributed by atoms with E-state index in [0.29, 0.717) is 22.2 Å². The maximum Gasteiger partial charge on any atom is 0.242 e. The lowest BCUT2D eigenvalue weighted by Crippen LogP contribution is -2.22. The molecule has 0 aliphatic rings. The van der Waals surface area contributed by atoms with E-state index in [1.54, 1.807) is 30.6 Å². The average molecular weight is 329 g/mol. The number of carbonyl (C=O) groups excluding carboxylic acids is 1. The van der Waals surface area contributed by atoms with Crippen LogP contribution in [0.25, 0.3) is 22.2 Å². The summed E-state index contributed by atoms with van der Waals surface area (Å²) < 4.78 is 25.7. The zero-order valence-corrected chi connectivity index (χ0v) is 13.5. The molecule has 1 aromatic carbocycles. The van der Waals surface area contributed by atoms with Crippen molar-refractivity contribution in [3.8, 4) is 11.3 Å². The number of benzene rings is 1. The van der Waals surface area contributed by atoms with E-state index in [-0.39, 0.29) is 4.90 Å². The molecule has 3 aromatic rings. The van der Waals surface area contributed by atoms with Crippen LogP contribution in [0.1, 0.15) is 10.4 Å². The van der Waals surface area contributed by atoms with Crippen molar-refractivity contribution in [1.29, 1.82) is 0 Å². The molecule has 0 saturated carbocycles. The Morgan fingerprint density at radius 3 is 2.43 bits per heavy atom. The number of carbonyl (C=O) groups is 1. The summed E-state index contributed by atoms with van der Waals surface area (Å²) in [7, 11) is -0.611. The molecule has 23 heavy (non-hydrogen) atoms. The third-order valence-electron chi connectivity index (χ3n) is 3.68. The third kappa shape index (κ3) is 2.54. The number of aromatic amines is 1. The Labute approximate surface area is 133 Å². The van der Waals surface area contributed by atoms with Gasteiger partial charge < -0.3 is 4.98 Å². The van der Waals surface area contributed by atoms with Gasteiger partial charge in [0.05, 0.1) is 10.6 Å². The molecule has 0 amide bonds. The Morgan fingerprint density at radius 1 is 1.13 bits per heavy atom. The monoisotopic (exact) mass is 329 g/mol. The van der Waals surface area contributed by atoms with Crippen LogP contribution in [0.5, 0.6) is 0 Å². The largest absolute Gasteiger partial charge is 0.354 e. The number of nitrogens with zero attached hydrogens (tertiary/aromatic N) is 2. The molecule has 2 heterocycles. The molecule has 0 spiro atoms. The van der Waals surface area contributed by atoms with Crippen LogP contribution in [-0.2, 0) is 10.0 Å². The van der Waals surface area contributed by atoms with E-state index in [9.17, 15) is 13.2 Å². The Kier molecular flexibility index (Phi) is 3.75. The number of H-pyrrole nitrogens is 1. The van der Waals surface area contributed by atoms with Crippen molar-refractivity contribution in [1.82, 2.24) is 14.3 Å². The minimum absolute atomic E-state index is 0.151. The minimum atomic E-state index is -3.56. The lowest BCUT2D eigenvalue weighted by atomic mass is 10.1. The quantitative estimate of drug-likeness (QED) is 0.745. The fraction of sp³-hybridized carbons (Fsp3) is 0.125. The predicted molar refractivity (Wildman–Crippen MR) is 87.8 cm³/mol. The molecular weight excluding hydrogens is 314 g/mol. The van der Waals surface area contributed by atoms with Crippen molar-refractivity contribution >= 4 is 27.2 Å². The normalized spacial score (nSPS) is 12.0. The van der Waals surface area contributed by atoms with Crippen molar-refractivity contribution in [2.75, 3.05) is 14.1 Å². The summed E-state index contributed by atoms with van der Waals surface area (Å²) in [6.45, 7) is 0. The van der Waals surface area contributed by atoms with Crippen LogP contribution >= 0.6 is 0 Å². The number of rotatable bonds is 4. The second-order valence-corrected chi connectivity index (χ2v) is 7.41. The van der Waals surface area contributed by atoms with Crippen LogP contribution in [0, 0.1) is 0 Å². The van der Waals surface area contributed by atoms with Crippen molar-refractivity contribution in [2.24, 2.45) is 0 Å². The molecular formula is C16H15N3O3S. The number of hydrogen-bond acceptors (Lipinski definition) is 4. The molecule has 118 valence electrons. The van der Waals surface area contributed by atoms with Gasteiger partial charge in [0.2, 0.25) is 10.0 Å². The van der Waals surface area contributed by atoms with E-state index in [1.807, 2.05) is 0 Å². The van der Waals surface area contributed by atoms with Gasteiger partial charge in [0, 0.05) is 48.5 Å². The highest BCUT2D eigenvalue weighted by Crippen LogP contribution is 2.30. The number of aldehydes is 1. The fourth-order valence-electron chi connectivity index (χ4n) is 2.43. The molecule has 6 nitrogen and oxygen atoms in total. The van der Waals surface area contributed by atoms with E-state index < -0.39 is 10.0 Å². The van der Waals surface area contributed by atoms with Gasteiger partial charge in [0.1, 0.15) is 0 Å². The van der Waals surface area contributed by atoms with Crippen LogP contribution in [0.4, 0.5) is 0 Å². The van der Waals surface area contributed by atoms with Crippen LogP contribution in [0.3, 0.4) is 0 Å². The molecule has 0 fully saturated rings.